The van der Waals surface area contributed by atoms with E-state index in [1.54, 1.807) is 17.7 Å². The number of terminal acetylenes is 1. The highest BCUT2D eigenvalue weighted by Gasteiger charge is 2.08. The number of hydrogen-bond acceptors (Lipinski definition) is 2. The van der Waals surface area contributed by atoms with Gasteiger partial charge in [0.2, 0.25) is 0 Å². The summed E-state index contributed by atoms with van der Waals surface area (Å²) in [5.41, 5.74) is 1.54. The van der Waals surface area contributed by atoms with E-state index >= 15 is 0 Å². The van der Waals surface area contributed by atoms with Crippen LogP contribution in [0.2, 0.25) is 0 Å². The fourth-order valence-electron chi connectivity index (χ4n) is 1.33. The van der Waals surface area contributed by atoms with Crippen LogP contribution in [0.1, 0.15) is 35.9 Å². The maximum atomic E-state index is 11.2. The SMILES string of the molecule is C#CCCCn1nc(C)cc1C(C)=O. The molecule has 0 fully saturated rings. The topological polar surface area (TPSA) is 34.9 Å². The molecular weight excluding hydrogens is 176 g/mol. The Balaban J connectivity index is 2.75. The second kappa shape index (κ2) is 4.61. The Bertz CT molecular complexity index is 371. The van der Waals surface area contributed by atoms with Crippen molar-refractivity contribution in [3.63, 3.8) is 0 Å². The molecule has 0 aliphatic heterocycles. The molecule has 0 aliphatic carbocycles. The van der Waals surface area contributed by atoms with Crippen LogP contribution in [0.15, 0.2) is 6.07 Å². The minimum absolute atomic E-state index is 0.0475. The van der Waals surface area contributed by atoms with E-state index in [1.807, 2.05) is 6.92 Å². The van der Waals surface area contributed by atoms with E-state index in [0.717, 1.165) is 18.5 Å². The van der Waals surface area contributed by atoms with Crippen LogP contribution in [0.4, 0.5) is 0 Å². The molecule has 0 saturated carbocycles. The Labute approximate surface area is 84.1 Å². The van der Waals surface area contributed by atoms with Gasteiger partial charge in [0, 0.05) is 19.9 Å². The van der Waals surface area contributed by atoms with Gasteiger partial charge in [-0.25, -0.2) is 0 Å². The number of aryl methyl sites for hydroxylation is 2. The average molecular weight is 190 g/mol. The van der Waals surface area contributed by atoms with Crippen LogP contribution in [-0.4, -0.2) is 15.6 Å². The summed E-state index contributed by atoms with van der Waals surface area (Å²) in [7, 11) is 0. The first-order valence-electron chi connectivity index (χ1n) is 4.64. The summed E-state index contributed by atoms with van der Waals surface area (Å²) in [5.74, 6) is 2.61. The number of rotatable bonds is 4. The summed E-state index contributed by atoms with van der Waals surface area (Å²) in [5, 5.41) is 4.23. The molecular formula is C11H14N2O. The van der Waals surface area contributed by atoms with Gasteiger partial charge in [0.05, 0.1) is 5.69 Å². The zero-order valence-electron chi connectivity index (χ0n) is 8.58. The first kappa shape index (κ1) is 10.5. The minimum Gasteiger partial charge on any atom is -0.293 e. The molecule has 3 heteroatoms. The Hall–Kier alpha value is -1.56. The number of Topliss-reactive ketones (excluding diaryl/α,β-unsaturated/α-hetero) is 1. The van der Waals surface area contributed by atoms with Crippen LogP contribution < -0.4 is 0 Å². The van der Waals surface area contributed by atoms with Crippen molar-refractivity contribution >= 4 is 5.78 Å². The quantitative estimate of drug-likeness (QED) is 0.412. The predicted octanol–water partition coefficient (Wildman–Crippen LogP) is 1.81. The van der Waals surface area contributed by atoms with Crippen LogP contribution in [0, 0.1) is 19.3 Å². The van der Waals surface area contributed by atoms with Gasteiger partial charge in [-0.1, -0.05) is 0 Å². The zero-order valence-corrected chi connectivity index (χ0v) is 8.58. The molecule has 1 rings (SSSR count). The predicted molar refractivity (Wildman–Crippen MR) is 55.0 cm³/mol. The molecule has 0 aromatic carbocycles. The smallest absolute Gasteiger partial charge is 0.177 e. The lowest BCUT2D eigenvalue weighted by Crippen LogP contribution is -2.08. The van der Waals surface area contributed by atoms with E-state index in [1.165, 1.54) is 0 Å². The maximum Gasteiger partial charge on any atom is 0.177 e. The Morgan fingerprint density at radius 2 is 2.43 bits per heavy atom. The van der Waals surface area contributed by atoms with Crippen molar-refractivity contribution in [3.8, 4) is 12.3 Å². The van der Waals surface area contributed by atoms with Gasteiger partial charge >= 0.3 is 0 Å². The molecule has 74 valence electrons. The lowest BCUT2D eigenvalue weighted by atomic mass is 10.2. The Morgan fingerprint density at radius 3 is 3.00 bits per heavy atom. The number of ketones is 1. The molecule has 0 bridgehead atoms. The minimum atomic E-state index is 0.0475. The first-order valence-corrected chi connectivity index (χ1v) is 4.64. The summed E-state index contributed by atoms with van der Waals surface area (Å²) in [6.45, 7) is 4.14. The maximum absolute atomic E-state index is 11.2. The third-order valence-corrected chi connectivity index (χ3v) is 1.95. The van der Waals surface area contributed by atoms with Gasteiger partial charge in [-0.3, -0.25) is 9.48 Å². The van der Waals surface area contributed by atoms with Crippen molar-refractivity contribution in [1.29, 1.82) is 0 Å². The molecule has 0 atom stereocenters. The molecule has 0 radical (unpaired) electrons. The molecule has 1 heterocycles. The molecule has 0 amide bonds. The number of hydrogen-bond donors (Lipinski definition) is 0. The number of nitrogens with zero attached hydrogens (tertiary/aromatic N) is 2. The summed E-state index contributed by atoms with van der Waals surface area (Å²) >= 11 is 0. The first-order chi connectivity index (χ1) is 6.65. The van der Waals surface area contributed by atoms with E-state index in [9.17, 15) is 4.79 Å². The lowest BCUT2D eigenvalue weighted by Gasteiger charge is -2.02. The molecule has 1 aromatic rings. The molecule has 0 unspecified atom stereocenters. The van der Waals surface area contributed by atoms with E-state index in [4.69, 9.17) is 6.42 Å². The average Bonchev–Trinajstić information content (AvgIpc) is 2.47. The van der Waals surface area contributed by atoms with Crippen LogP contribution in [0.5, 0.6) is 0 Å². The molecule has 3 nitrogen and oxygen atoms in total. The van der Waals surface area contributed by atoms with Gasteiger partial charge in [-0.2, -0.15) is 5.10 Å². The molecule has 1 aromatic heterocycles. The third kappa shape index (κ3) is 2.46. The molecule has 14 heavy (non-hydrogen) atoms. The van der Waals surface area contributed by atoms with Crippen molar-refractivity contribution in [2.24, 2.45) is 0 Å². The van der Waals surface area contributed by atoms with Crippen LogP contribution in [0.25, 0.3) is 0 Å². The second-order valence-electron chi connectivity index (χ2n) is 3.26. The fourth-order valence-corrected chi connectivity index (χ4v) is 1.33. The van der Waals surface area contributed by atoms with Gasteiger partial charge in [-0.05, 0) is 19.4 Å². The summed E-state index contributed by atoms with van der Waals surface area (Å²) in [4.78, 5) is 11.2. The highest BCUT2D eigenvalue weighted by molar-refractivity contribution is 5.92. The molecule has 0 N–H and O–H groups in total. The number of carbonyl (C=O) groups excluding carboxylic acids is 1. The van der Waals surface area contributed by atoms with E-state index in [-0.39, 0.29) is 5.78 Å². The van der Waals surface area contributed by atoms with Crippen molar-refractivity contribution in [2.45, 2.75) is 33.2 Å². The van der Waals surface area contributed by atoms with Crippen LogP contribution >= 0.6 is 0 Å². The zero-order chi connectivity index (χ0) is 10.6. The second-order valence-corrected chi connectivity index (χ2v) is 3.26. The number of carbonyl (C=O) groups is 1. The van der Waals surface area contributed by atoms with Gasteiger partial charge in [0.25, 0.3) is 0 Å². The van der Waals surface area contributed by atoms with E-state index < -0.39 is 0 Å². The normalized spacial score (nSPS) is 9.79. The Kier molecular flexibility index (Phi) is 3.47. The Morgan fingerprint density at radius 1 is 1.71 bits per heavy atom. The number of aromatic nitrogens is 2. The largest absolute Gasteiger partial charge is 0.293 e. The van der Waals surface area contributed by atoms with E-state index in [2.05, 4.69) is 11.0 Å². The fraction of sp³-hybridized carbons (Fsp3) is 0.455. The van der Waals surface area contributed by atoms with Crippen molar-refractivity contribution in [1.82, 2.24) is 9.78 Å². The van der Waals surface area contributed by atoms with E-state index in [0.29, 0.717) is 12.2 Å². The van der Waals surface area contributed by atoms with Crippen molar-refractivity contribution in [2.75, 3.05) is 0 Å². The molecule has 0 spiro atoms. The highest BCUT2D eigenvalue weighted by Crippen LogP contribution is 2.06. The summed E-state index contributed by atoms with van der Waals surface area (Å²) < 4.78 is 1.73. The van der Waals surface area contributed by atoms with Gasteiger partial charge in [0.15, 0.2) is 5.78 Å². The standard InChI is InChI=1S/C11H14N2O/c1-4-5-6-7-13-11(10(3)14)8-9(2)12-13/h1,8H,5-7H2,2-3H3. The van der Waals surface area contributed by atoms with Gasteiger partial charge < -0.3 is 0 Å². The molecule has 0 saturated heterocycles. The van der Waals surface area contributed by atoms with Gasteiger partial charge in [0.1, 0.15) is 5.69 Å². The summed E-state index contributed by atoms with van der Waals surface area (Å²) in [6.07, 6.45) is 6.73. The summed E-state index contributed by atoms with van der Waals surface area (Å²) in [6, 6.07) is 1.80. The van der Waals surface area contributed by atoms with Crippen LogP contribution in [0.3, 0.4) is 0 Å². The highest BCUT2D eigenvalue weighted by atomic mass is 16.1. The lowest BCUT2D eigenvalue weighted by molar-refractivity contribution is 0.100. The molecule has 0 aliphatic rings. The van der Waals surface area contributed by atoms with Crippen molar-refractivity contribution in [3.05, 3.63) is 17.5 Å². The monoisotopic (exact) mass is 190 g/mol. The van der Waals surface area contributed by atoms with Crippen molar-refractivity contribution < 1.29 is 4.79 Å². The van der Waals surface area contributed by atoms with Crippen LogP contribution in [-0.2, 0) is 6.54 Å². The van der Waals surface area contributed by atoms with Gasteiger partial charge in [-0.15, -0.1) is 12.3 Å². The third-order valence-electron chi connectivity index (χ3n) is 1.95. The number of unbranched alkanes of at least 4 members (excludes halogenated alkanes) is 1.